The molecule has 2 aromatic rings. The number of aryl methyl sites for hydroxylation is 1. The number of hydrogen-bond donors (Lipinski definition) is 2. The maximum Gasteiger partial charge on any atom is 0.221 e. The van der Waals surface area contributed by atoms with E-state index >= 15 is 0 Å². The lowest BCUT2D eigenvalue weighted by molar-refractivity contribution is -0.114. The molecular weight excluding hydrogens is 224 g/mol. The number of carbonyl (C=O) groups is 1. The van der Waals surface area contributed by atoms with E-state index in [1.165, 1.54) is 12.5 Å². The van der Waals surface area contributed by atoms with Gasteiger partial charge in [-0.3, -0.25) is 4.79 Å². The van der Waals surface area contributed by atoms with Crippen LogP contribution in [0.15, 0.2) is 48.5 Å². The van der Waals surface area contributed by atoms with Crippen molar-refractivity contribution in [2.24, 2.45) is 0 Å². The van der Waals surface area contributed by atoms with Crippen LogP contribution in [0.2, 0.25) is 0 Å². The molecule has 2 aromatic carbocycles. The average molecular weight is 240 g/mol. The Morgan fingerprint density at radius 2 is 1.28 bits per heavy atom. The molecule has 0 saturated carbocycles. The van der Waals surface area contributed by atoms with Crippen molar-refractivity contribution in [3.63, 3.8) is 0 Å². The first-order valence-electron chi connectivity index (χ1n) is 5.85. The summed E-state index contributed by atoms with van der Waals surface area (Å²) in [6.07, 6.45) is 0. The molecule has 0 aromatic heterocycles. The van der Waals surface area contributed by atoms with E-state index in [4.69, 9.17) is 0 Å². The van der Waals surface area contributed by atoms with Crippen molar-refractivity contribution >= 4 is 23.0 Å². The minimum Gasteiger partial charge on any atom is -0.356 e. The molecule has 0 aliphatic rings. The zero-order valence-electron chi connectivity index (χ0n) is 10.5. The van der Waals surface area contributed by atoms with E-state index in [1.807, 2.05) is 36.4 Å². The standard InChI is InChI=1S/C15H16N2O/c1-11-3-5-14(6-4-11)17-15-9-7-13(8-10-15)16-12(2)18/h3-10,17H,1-2H3,(H,16,18). The second-order valence-corrected chi connectivity index (χ2v) is 4.25. The molecular formula is C15H16N2O. The van der Waals surface area contributed by atoms with Gasteiger partial charge in [0.2, 0.25) is 5.91 Å². The average Bonchev–Trinajstić information content (AvgIpc) is 2.34. The van der Waals surface area contributed by atoms with Crippen molar-refractivity contribution in [1.29, 1.82) is 0 Å². The fraction of sp³-hybridized carbons (Fsp3) is 0.133. The highest BCUT2D eigenvalue weighted by Gasteiger charge is 1.97. The van der Waals surface area contributed by atoms with Crippen molar-refractivity contribution in [1.82, 2.24) is 0 Å². The number of hydrogen-bond acceptors (Lipinski definition) is 2. The van der Waals surface area contributed by atoms with Crippen LogP contribution < -0.4 is 10.6 Å². The van der Waals surface area contributed by atoms with Gasteiger partial charge in [0.05, 0.1) is 0 Å². The highest BCUT2D eigenvalue weighted by molar-refractivity contribution is 5.88. The summed E-state index contributed by atoms with van der Waals surface area (Å²) in [7, 11) is 0. The number of nitrogens with one attached hydrogen (secondary N) is 2. The van der Waals surface area contributed by atoms with Gasteiger partial charge in [-0.15, -0.1) is 0 Å². The van der Waals surface area contributed by atoms with E-state index in [9.17, 15) is 4.79 Å². The first kappa shape index (κ1) is 12.2. The van der Waals surface area contributed by atoms with Gasteiger partial charge in [0, 0.05) is 24.0 Å². The molecule has 2 N–H and O–H groups in total. The summed E-state index contributed by atoms with van der Waals surface area (Å²) >= 11 is 0. The molecule has 0 bridgehead atoms. The van der Waals surface area contributed by atoms with Crippen LogP contribution in [0.4, 0.5) is 17.1 Å². The van der Waals surface area contributed by atoms with Crippen LogP contribution >= 0.6 is 0 Å². The second kappa shape index (κ2) is 5.36. The molecule has 0 aliphatic carbocycles. The Kier molecular flexibility index (Phi) is 3.63. The van der Waals surface area contributed by atoms with Gasteiger partial charge in [0.25, 0.3) is 0 Å². The highest BCUT2D eigenvalue weighted by Crippen LogP contribution is 2.19. The summed E-state index contributed by atoms with van der Waals surface area (Å²) < 4.78 is 0. The van der Waals surface area contributed by atoms with Crippen molar-refractivity contribution in [2.45, 2.75) is 13.8 Å². The fourth-order valence-electron chi connectivity index (χ4n) is 1.64. The third kappa shape index (κ3) is 3.35. The Morgan fingerprint density at radius 3 is 1.78 bits per heavy atom. The molecule has 0 spiro atoms. The van der Waals surface area contributed by atoms with Crippen LogP contribution in [0, 0.1) is 6.92 Å². The number of rotatable bonds is 3. The molecule has 2 rings (SSSR count). The van der Waals surface area contributed by atoms with Crippen molar-refractivity contribution in [3.05, 3.63) is 54.1 Å². The van der Waals surface area contributed by atoms with Crippen LogP contribution in [0.5, 0.6) is 0 Å². The maximum absolute atomic E-state index is 10.9. The molecule has 0 radical (unpaired) electrons. The first-order chi connectivity index (χ1) is 8.63. The third-order valence-corrected chi connectivity index (χ3v) is 2.55. The molecule has 0 saturated heterocycles. The summed E-state index contributed by atoms with van der Waals surface area (Å²) in [5.74, 6) is -0.0609. The van der Waals surface area contributed by atoms with E-state index in [0.717, 1.165) is 17.1 Å². The Hall–Kier alpha value is -2.29. The number of amides is 1. The molecule has 92 valence electrons. The highest BCUT2D eigenvalue weighted by atomic mass is 16.1. The zero-order valence-corrected chi connectivity index (χ0v) is 10.5. The zero-order chi connectivity index (χ0) is 13.0. The van der Waals surface area contributed by atoms with E-state index in [2.05, 4.69) is 29.7 Å². The van der Waals surface area contributed by atoms with Gasteiger partial charge in [0.15, 0.2) is 0 Å². The number of carbonyl (C=O) groups excluding carboxylic acids is 1. The van der Waals surface area contributed by atoms with Gasteiger partial charge in [-0.25, -0.2) is 0 Å². The van der Waals surface area contributed by atoms with Crippen LogP contribution in [-0.2, 0) is 4.79 Å². The lowest BCUT2D eigenvalue weighted by Gasteiger charge is -2.08. The summed E-state index contributed by atoms with van der Waals surface area (Å²) in [6.45, 7) is 3.56. The molecule has 1 amide bonds. The molecule has 3 nitrogen and oxygen atoms in total. The minimum atomic E-state index is -0.0609. The predicted molar refractivity (Wildman–Crippen MR) is 75.2 cm³/mol. The Morgan fingerprint density at radius 1 is 0.833 bits per heavy atom. The number of anilines is 3. The molecule has 18 heavy (non-hydrogen) atoms. The summed E-state index contributed by atoms with van der Waals surface area (Å²) in [4.78, 5) is 10.9. The fourth-order valence-corrected chi connectivity index (χ4v) is 1.64. The van der Waals surface area contributed by atoms with Crippen molar-refractivity contribution in [2.75, 3.05) is 10.6 Å². The van der Waals surface area contributed by atoms with Crippen molar-refractivity contribution in [3.8, 4) is 0 Å². The second-order valence-electron chi connectivity index (χ2n) is 4.25. The SMILES string of the molecule is CC(=O)Nc1ccc(Nc2ccc(C)cc2)cc1. The Labute approximate surface area is 107 Å². The molecule has 0 fully saturated rings. The van der Waals surface area contributed by atoms with Crippen LogP contribution in [-0.4, -0.2) is 5.91 Å². The topological polar surface area (TPSA) is 41.1 Å². The summed E-state index contributed by atoms with van der Waals surface area (Å²) in [5, 5.41) is 6.04. The molecule has 0 atom stereocenters. The molecule has 0 aliphatic heterocycles. The van der Waals surface area contributed by atoms with Gasteiger partial charge >= 0.3 is 0 Å². The van der Waals surface area contributed by atoms with Gasteiger partial charge in [-0.2, -0.15) is 0 Å². The van der Waals surface area contributed by atoms with E-state index < -0.39 is 0 Å². The molecule has 3 heteroatoms. The van der Waals surface area contributed by atoms with Gasteiger partial charge in [-0.1, -0.05) is 17.7 Å². The smallest absolute Gasteiger partial charge is 0.221 e. The molecule has 0 heterocycles. The van der Waals surface area contributed by atoms with Crippen molar-refractivity contribution < 1.29 is 4.79 Å². The third-order valence-electron chi connectivity index (χ3n) is 2.55. The van der Waals surface area contributed by atoms with E-state index in [-0.39, 0.29) is 5.91 Å². The van der Waals surface area contributed by atoms with E-state index in [0.29, 0.717) is 0 Å². The lowest BCUT2D eigenvalue weighted by atomic mass is 10.2. The normalized spacial score (nSPS) is 9.89. The van der Waals surface area contributed by atoms with Gasteiger partial charge < -0.3 is 10.6 Å². The quantitative estimate of drug-likeness (QED) is 0.859. The molecule has 0 unspecified atom stereocenters. The summed E-state index contributed by atoms with van der Waals surface area (Å²) in [5.41, 5.74) is 4.08. The minimum absolute atomic E-state index is 0.0609. The predicted octanol–water partition coefficient (Wildman–Crippen LogP) is 3.70. The monoisotopic (exact) mass is 240 g/mol. The lowest BCUT2D eigenvalue weighted by Crippen LogP contribution is -2.05. The Bertz CT molecular complexity index is 529. The largest absolute Gasteiger partial charge is 0.356 e. The summed E-state index contributed by atoms with van der Waals surface area (Å²) in [6, 6.07) is 15.8. The van der Waals surface area contributed by atoms with Gasteiger partial charge in [-0.05, 0) is 43.3 Å². The van der Waals surface area contributed by atoms with E-state index in [1.54, 1.807) is 0 Å². The van der Waals surface area contributed by atoms with Gasteiger partial charge in [0.1, 0.15) is 0 Å². The maximum atomic E-state index is 10.9. The van der Waals surface area contributed by atoms with Crippen LogP contribution in [0.1, 0.15) is 12.5 Å². The number of benzene rings is 2. The van der Waals surface area contributed by atoms with Crippen LogP contribution in [0.25, 0.3) is 0 Å². The van der Waals surface area contributed by atoms with Crippen LogP contribution in [0.3, 0.4) is 0 Å². The Balaban J connectivity index is 2.06. The first-order valence-corrected chi connectivity index (χ1v) is 5.85.